The summed E-state index contributed by atoms with van der Waals surface area (Å²) < 4.78 is 15.3. The first-order valence-electron chi connectivity index (χ1n) is 7.11. The van der Waals surface area contributed by atoms with Crippen LogP contribution < -0.4 is 0 Å². The maximum Gasteiger partial charge on any atom is 0.339 e. The third-order valence-corrected chi connectivity index (χ3v) is 3.58. The van der Waals surface area contributed by atoms with E-state index in [-0.39, 0.29) is 13.2 Å². The van der Waals surface area contributed by atoms with Crippen LogP contribution in [0.2, 0.25) is 0 Å². The van der Waals surface area contributed by atoms with E-state index in [0.29, 0.717) is 11.1 Å². The van der Waals surface area contributed by atoms with E-state index in [1.54, 1.807) is 38.1 Å². The largest absolute Gasteiger partial charge is 0.465 e. The van der Waals surface area contributed by atoms with Gasteiger partial charge in [-0.2, -0.15) is 0 Å². The Bertz CT molecular complexity index is 590. The number of hydrogen-bond acceptors (Lipinski definition) is 6. The van der Waals surface area contributed by atoms with Gasteiger partial charge in [-0.3, -0.25) is 9.59 Å². The number of hydrogen-bond donors (Lipinski definition) is 0. The Labute approximate surface area is 128 Å². The molecule has 1 heterocycles. The summed E-state index contributed by atoms with van der Waals surface area (Å²) >= 11 is 0. The van der Waals surface area contributed by atoms with Crippen molar-refractivity contribution in [3.63, 3.8) is 0 Å². The molecule has 6 nitrogen and oxygen atoms in total. The van der Waals surface area contributed by atoms with Crippen LogP contribution in [-0.4, -0.2) is 31.1 Å². The summed E-state index contributed by atoms with van der Waals surface area (Å²) in [6, 6.07) is 6.66. The molecule has 2 rings (SSSR count). The summed E-state index contributed by atoms with van der Waals surface area (Å²) in [6.45, 7) is 5.02. The van der Waals surface area contributed by atoms with Gasteiger partial charge in [-0.15, -0.1) is 0 Å². The van der Waals surface area contributed by atoms with Gasteiger partial charge < -0.3 is 14.2 Å². The van der Waals surface area contributed by atoms with Gasteiger partial charge in [0.25, 0.3) is 0 Å². The molecule has 1 unspecified atom stereocenters. The fourth-order valence-corrected chi connectivity index (χ4v) is 2.61. The lowest BCUT2D eigenvalue weighted by atomic mass is 9.82. The molecule has 0 amide bonds. The Morgan fingerprint density at radius 3 is 2.23 bits per heavy atom. The average molecular weight is 306 g/mol. The Kier molecular flexibility index (Phi) is 4.49. The number of benzene rings is 1. The van der Waals surface area contributed by atoms with Gasteiger partial charge in [0.05, 0.1) is 18.8 Å². The second-order valence-corrected chi connectivity index (χ2v) is 4.98. The van der Waals surface area contributed by atoms with E-state index < -0.39 is 29.4 Å². The van der Waals surface area contributed by atoms with Crippen molar-refractivity contribution < 1.29 is 28.6 Å². The normalized spacial score (nSPS) is 19.5. The van der Waals surface area contributed by atoms with Crippen LogP contribution in [0, 0.1) is 5.92 Å². The molecule has 6 heteroatoms. The predicted octanol–water partition coefficient (Wildman–Crippen LogP) is 1.81. The van der Waals surface area contributed by atoms with Gasteiger partial charge in [0.15, 0.2) is 11.5 Å². The van der Waals surface area contributed by atoms with Crippen molar-refractivity contribution in [3.8, 4) is 0 Å². The fourth-order valence-electron chi connectivity index (χ4n) is 2.61. The van der Waals surface area contributed by atoms with E-state index >= 15 is 0 Å². The van der Waals surface area contributed by atoms with Crippen molar-refractivity contribution >= 4 is 17.9 Å². The van der Waals surface area contributed by atoms with Gasteiger partial charge in [0.2, 0.25) is 0 Å². The molecule has 0 fully saturated rings. The van der Waals surface area contributed by atoms with Crippen molar-refractivity contribution in [3.05, 3.63) is 35.4 Å². The third-order valence-electron chi connectivity index (χ3n) is 3.58. The molecule has 1 aromatic carbocycles. The number of rotatable bonds is 5. The van der Waals surface area contributed by atoms with Crippen LogP contribution in [0.15, 0.2) is 24.3 Å². The number of carbonyl (C=O) groups excluding carboxylic acids is 3. The standard InChI is InChI=1S/C16H18O6/c1-4-20-14(18)12(15(19)21-5-2)16(3)11-9-7-6-8-10(11)13(17)22-16/h6-9,12H,4-5H2,1-3H3. The lowest BCUT2D eigenvalue weighted by Crippen LogP contribution is -2.44. The molecule has 1 aliphatic heterocycles. The van der Waals surface area contributed by atoms with E-state index in [2.05, 4.69) is 0 Å². The van der Waals surface area contributed by atoms with E-state index in [1.807, 2.05) is 0 Å². The highest BCUT2D eigenvalue weighted by atomic mass is 16.6. The summed E-state index contributed by atoms with van der Waals surface area (Å²) in [5, 5.41) is 0. The van der Waals surface area contributed by atoms with E-state index in [1.165, 1.54) is 6.92 Å². The molecular formula is C16H18O6. The lowest BCUT2D eigenvalue weighted by molar-refractivity contribution is -0.173. The molecule has 0 saturated heterocycles. The molecular weight excluding hydrogens is 288 g/mol. The first-order chi connectivity index (χ1) is 10.5. The molecule has 0 radical (unpaired) electrons. The van der Waals surface area contributed by atoms with Crippen molar-refractivity contribution in [1.82, 2.24) is 0 Å². The SMILES string of the molecule is CCOC(=O)C(C(=O)OCC)C1(C)OC(=O)c2ccccc21. The maximum atomic E-state index is 12.3. The minimum Gasteiger partial charge on any atom is -0.465 e. The Morgan fingerprint density at radius 2 is 1.68 bits per heavy atom. The van der Waals surface area contributed by atoms with Crippen molar-refractivity contribution in [2.75, 3.05) is 13.2 Å². The van der Waals surface area contributed by atoms with Crippen LogP contribution in [-0.2, 0) is 29.4 Å². The van der Waals surface area contributed by atoms with Crippen molar-refractivity contribution in [1.29, 1.82) is 0 Å². The molecule has 1 aromatic rings. The van der Waals surface area contributed by atoms with Crippen molar-refractivity contribution in [2.45, 2.75) is 26.4 Å². The van der Waals surface area contributed by atoms with Gasteiger partial charge in [-0.25, -0.2) is 4.79 Å². The van der Waals surface area contributed by atoms with E-state index in [9.17, 15) is 14.4 Å². The van der Waals surface area contributed by atoms with Crippen LogP contribution in [0.1, 0.15) is 36.7 Å². The molecule has 0 aromatic heterocycles. The molecule has 0 saturated carbocycles. The second-order valence-electron chi connectivity index (χ2n) is 4.98. The topological polar surface area (TPSA) is 78.9 Å². The second kappa shape index (κ2) is 6.17. The number of ether oxygens (including phenoxy) is 3. The van der Waals surface area contributed by atoms with Crippen LogP contribution in [0.25, 0.3) is 0 Å². The Morgan fingerprint density at radius 1 is 1.14 bits per heavy atom. The zero-order chi connectivity index (χ0) is 16.3. The molecule has 0 aliphatic carbocycles. The Balaban J connectivity index is 2.49. The highest BCUT2D eigenvalue weighted by Crippen LogP contribution is 2.42. The number of cyclic esters (lactones) is 1. The number of carbonyl (C=O) groups is 3. The fraction of sp³-hybridized carbons (Fsp3) is 0.438. The molecule has 0 N–H and O–H groups in total. The molecule has 0 bridgehead atoms. The Hall–Kier alpha value is -2.37. The van der Waals surface area contributed by atoms with Gasteiger partial charge in [0, 0.05) is 5.56 Å². The molecule has 22 heavy (non-hydrogen) atoms. The van der Waals surface area contributed by atoms with E-state index in [0.717, 1.165) is 0 Å². The number of fused-ring (bicyclic) bond motifs is 1. The van der Waals surface area contributed by atoms with E-state index in [4.69, 9.17) is 14.2 Å². The van der Waals surface area contributed by atoms with Crippen LogP contribution in [0.3, 0.4) is 0 Å². The number of esters is 3. The average Bonchev–Trinajstić information content (AvgIpc) is 2.72. The first-order valence-corrected chi connectivity index (χ1v) is 7.11. The predicted molar refractivity (Wildman–Crippen MR) is 76.0 cm³/mol. The van der Waals surface area contributed by atoms with Gasteiger partial charge in [0.1, 0.15) is 0 Å². The molecule has 1 aliphatic rings. The zero-order valence-electron chi connectivity index (χ0n) is 12.8. The first kappa shape index (κ1) is 16.0. The van der Waals surface area contributed by atoms with Gasteiger partial charge >= 0.3 is 17.9 Å². The smallest absolute Gasteiger partial charge is 0.339 e. The summed E-state index contributed by atoms with van der Waals surface area (Å²) in [5.74, 6) is -3.47. The van der Waals surface area contributed by atoms with Crippen LogP contribution in [0.5, 0.6) is 0 Å². The summed E-state index contributed by atoms with van der Waals surface area (Å²) in [6.07, 6.45) is 0. The highest BCUT2D eigenvalue weighted by Gasteiger charge is 2.55. The monoisotopic (exact) mass is 306 g/mol. The highest BCUT2D eigenvalue weighted by molar-refractivity contribution is 6.01. The minimum absolute atomic E-state index is 0.112. The molecule has 118 valence electrons. The minimum atomic E-state index is -1.44. The maximum absolute atomic E-state index is 12.3. The van der Waals surface area contributed by atoms with Gasteiger partial charge in [-0.05, 0) is 26.8 Å². The lowest BCUT2D eigenvalue weighted by Gasteiger charge is -2.30. The summed E-state index contributed by atoms with van der Waals surface area (Å²) in [5.41, 5.74) is -0.624. The third kappa shape index (κ3) is 2.56. The zero-order valence-corrected chi connectivity index (χ0v) is 12.8. The quantitative estimate of drug-likeness (QED) is 0.469. The molecule has 1 atom stereocenters. The summed E-state index contributed by atoms with van der Waals surface area (Å²) in [7, 11) is 0. The van der Waals surface area contributed by atoms with Crippen LogP contribution >= 0.6 is 0 Å². The van der Waals surface area contributed by atoms with Crippen LogP contribution in [0.4, 0.5) is 0 Å². The summed E-state index contributed by atoms with van der Waals surface area (Å²) in [4.78, 5) is 36.5. The van der Waals surface area contributed by atoms with Gasteiger partial charge in [-0.1, -0.05) is 18.2 Å². The van der Waals surface area contributed by atoms with Crippen molar-refractivity contribution in [2.24, 2.45) is 5.92 Å². The molecule has 0 spiro atoms.